The van der Waals surface area contributed by atoms with E-state index in [1.54, 1.807) is 0 Å². The summed E-state index contributed by atoms with van der Waals surface area (Å²) in [6.45, 7) is 9.50. The minimum Gasteiger partial charge on any atom is -0.394 e. The third-order valence-electron chi connectivity index (χ3n) is 3.67. The maximum Gasteiger partial charge on any atom is 0.131 e. The fourth-order valence-corrected chi connectivity index (χ4v) is 2.52. The van der Waals surface area contributed by atoms with E-state index in [2.05, 4.69) is 42.0 Å². The Hall–Kier alpha value is -1.17. The third kappa shape index (κ3) is 3.48. The minimum atomic E-state index is -0.117. The summed E-state index contributed by atoms with van der Waals surface area (Å²) in [7, 11) is 0. The van der Waals surface area contributed by atoms with Gasteiger partial charge in [0.15, 0.2) is 0 Å². The lowest BCUT2D eigenvalue weighted by atomic mass is 10.1. The van der Waals surface area contributed by atoms with Crippen molar-refractivity contribution in [3.8, 4) is 0 Å². The van der Waals surface area contributed by atoms with Crippen LogP contribution in [0.25, 0.3) is 0 Å². The number of aryl methyl sites for hydroxylation is 1. The van der Waals surface area contributed by atoms with Crippen molar-refractivity contribution in [2.45, 2.75) is 39.5 Å². The van der Waals surface area contributed by atoms with E-state index >= 15 is 0 Å². The van der Waals surface area contributed by atoms with Crippen LogP contribution in [0, 0.1) is 6.92 Å². The van der Waals surface area contributed by atoms with E-state index in [1.807, 2.05) is 6.20 Å². The van der Waals surface area contributed by atoms with Crippen molar-refractivity contribution in [2.24, 2.45) is 0 Å². The molecule has 1 aliphatic rings. The predicted molar refractivity (Wildman–Crippen MR) is 80.0 cm³/mol. The number of aliphatic hydroxyl groups is 1. The molecule has 1 aromatic heterocycles. The fraction of sp³-hybridized carbons (Fsp3) is 0.667. The number of nitrogens with zero attached hydrogens (tertiary/aromatic N) is 2. The van der Waals surface area contributed by atoms with Gasteiger partial charge in [0.2, 0.25) is 0 Å². The molecule has 1 saturated heterocycles. The van der Waals surface area contributed by atoms with Crippen molar-refractivity contribution < 1.29 is 9.84 Å². The lowest BCUT2D eigenvalue weighted by Gasteiger charge is -2.39. The molecule has 1 aliphatic heterocycles. The summed E-state index contributed by atoms with van der Waals surface area (Å²) in [5.41, 5.74) is 2.37. The highest BCUT2D eigenvalue weighted by atomic mass is 16.5. The van der Waals surface area contributed by atoms with Crippen LogP contribution in [0.3, 0.4) is 0 Å². The van der Waals surface area contributed by atoms with Gasteiger partial charge in [0.1, 0.15) is 5.82 Å². The SMILES string of the molecule is CCNCc1cnc(N2CC(CO)OCC2C)c(C)c1. The number of rotatable bonds is 5. The summed E-state index contributed by atoms with van der Waals surface area (Å²) < 4.78 is 5.58. The first kappa shape index (κ1) is 15.2. The van der Waals surface area contributed by atoms with Crippen molar-refractivity contribution in [3.05, 3.63) is 23.4 Å². The predicted octanol–water partition coefficient (Wildman–Crippen LogP) is 1.09. The number of hydrogen-bond donors (Lipinski definition) is 2. The Morgan fingerprint density at radius 3 is 3.00 bits per heavy atom. The second kappa shape index (κ2) is 7.02. The Labute approximate surface area is 121 Å². The Morgan fingerprint density at radius 1 is 1.55 bits per heavy atom. The van der Waals surface area contributed by atoms with Crippen LogP contribution < -0.4 is 10.2 Å². The van der Waals surface area contributed by atoms with Crippen LogP contribution in [0.15, 0.2) is 12.3 Å². The van der Waals surface area contributed by atoms with E-state index in [1.165, 1.54) is 11.1 Å². The van der Waals surface area contributed by atoms with E-state index in [0.29, 0.717) is 13.2 Å². The van der Waals surface area contributed by atoms with Crippen molar-refractivity contribution in [2.75, 3.05) is 31.2 Å². The summed E-state index contributed by atoms with van der Waals surface area (Å²) in [6.07, 6.45) is 1.81. The van der Waals surface area contributed by atoms with Crippen molar-refractivity contribution in [3.63, 3.8) is 0 Å². The molecule has 1 fully saturated rings. The highest BCUT2D eigenvalue weighted by Gasteiger charge is 2.27. The number of aromatic nitrogens is 1. The van der Waals surface area contributed by atoms with Gasteiger partial charge >= 0.3 is 0 Å². The van der Waals surface area contributed by atoms with Crippen LogP contribution in [-0.4, -0.2) is 48.5 Å². The Bertz CT molecular complexity index is 439. The zero-order chi connectivity index (χ0) is 14.5. The standard InChI is InChI=1S/C15H25N3O2/c1-4-16-6-13-5-11(2)15(17-7-13)18-8-14(9-19)20-10-12(18)3/h5,7,12,14,16,19H,4,6,8-10H2,1-3H3. The first-order chi connectivity index (χ1) is 9.65. The first-order valence-corrected chi connectivity index (χ1v) is 7.31. The highest BCUT2D eigenvalue weighted by molar-refractivity contribution is 5.48. The van der Waals surface area contributed by atoms with Crippen LogP contribution in [0.5, 0.6) is 0 Å². The summed E-state index contributed by atoms with van der Waals surface area (Å²) >= 11 is 0. The number of hydrogen-bond acceptors (Lipinski definition) is 5. The van der Waals surface area contributed by atoms with Crippen molar-refractivity contribution in [1.29, 1.82) is 0 Å². The monoisotopic (exact) mass is 279 g/mol. The molecule has 0 aliphatic carbocycles. The van der Waals surface area contributed by atoms with E-state index in [9.17, 15) is 5.11 Å². The van der Waals surface area contributed by atoms with Crippen LogP contribution >= 0.6 is 0 Å². The van der Waals surface area contributed by atoms with Crippen LogP contribution in [0.4, 0.5) is 5.82 Å². The minimum absolute atomic E-state index is 0.0563. The molecule has 2 atom stereocenters. The number of pyridine rings is 1. The molecule has 0 bridgehead atoms. The maximum atomic E-state index is 9.27. The van der Waals surface area contributed by atoms with Gasteiger partial charge in [-0.05, 0) is 37.6 Å². The molecule has 0 radical (unpaired) electrons. The van der Waals surface area contributed by atoms with E-state index < -0.39 is 0 Å². The number of aliphatic hydroxyl groups excluding tert-OH is 1. The lowest BCUT2D eigenvalue weighted by Crippen LogP contribution is -2.50. The highest BCUT2D eigenvalue weighted by Crippen LogP contribution is 2.23. The number of nitrogens with one attached hydrogen (secondary N) is 1. The fourth-order valence-electron chi connectivity index (χ4n) is 2.52. The van der Waals surface area contributed by atoms with Gasteiger partial charge in [0.25, 0.3) is 0 Å². The normalized spacial score (nSPS) is 23.1. The molecule has 2 rings (SSSR count). The summed E-state index contributed by atoms with van der Waals surface area (Å²) in [4.78, 5) is 6.86. The largest absolute Gasteiger partial charge is 0.394 e. The Kier molecular flexibility index (Phi) is 5.34. The second-order valence-corrected chi connectivity index (χ2v) is 5.40. The summed E-state index contributed by atoms with van der Waals surface area (Å²) in [5, 5.41) is 12.6. The van der Waals surface area contributed by atoms with E-state index in [4.69, 9.17) is 4.74 Å². The molecule has 20 heavy (non-hydrogen) atoms. The molecular formula is C15H25N3O2. The van der Waals surface area contributed by atoms with Gasteiger partial charge in [-0.1, -0.05) is 6.92 Å². The number of morpholine rings is 1. The lowest BCUT2D eigenvalue weighted by molar-refractivity contribution is -0.0106. The van der Waals surface area contributed by atoms with Gasteiger partial charge in [-0.3, -0.25) is 0 Å². The number of anilines is 1. The molecule has 2 N–H and O–H groups in total. The Morgan fingerprint density at radius 2 is 2.35 bits per heavy atom. The van der Waals surface area contributed by atoms with Gasteiger partial charge in [0.05, 0.1) is 25.4 Å². The second-order valence-electron chi connectivity index (χ2n) is 5.40. The van der Waals surface area contributed by atoms with E-state index in [-0.39, 0.29) is 18.8 Å². The molecule has 2 heterocycles. The molecule has 5 heteroatoms. The van der Waals surface area contributed by atoms with Crippen molar-refractivity contribution in [1.82, 2.24) is 10.3 Å². The molecule has 2 unspecified atom stereocenters. The zero-order valence-corrected chi connectivity index (χ0v) is 12.6. The van der Waals surface area contributed by atoms with E-state index in [0.717, 1.165) is 18.9 Å². The quantitative estimate of drug-likeness (QED) is 0.845. The van der Waals surface area contributed by atoms with Gasteiger partial charge in [0, 0.05) is 19.3 Å². The van der Waals surface area contributed by atoms with Gasteiger partial charge in [-0.15, -0.1) is 0 Å². The topological polar surface area (TPSA) is 57.6 Å². The van der Waals surface area contributed by atoms with Crippen LogP contribution in [-0.2, 0) is 11.3 Å². The molecule has 0 spiro atoms. The summed E-state index contributed by atoms with van der Waals surface area (Å²) in [5.74, 6) is 1.000. The summed E-state index contributed by atoms with van der Waals surface area (Å²) in [6, 6.07) is 2.46. The molecule has 5 nitrogen and oxygen atoms in total. The smallest absolute Gasteiger partial charge is 0.131 e. The van der Waals surface area contributed by atoms with Crippen LogP contribution in [0.2, 0.25) is 0 Å². The zero-order valence-electron chi connectivity index (χ0n) is 12.6. The molecule has 112 valence electrons. The van der Waals surface area contributed by atoms with Gasteiger partial charge in [-0.25, -0.2) is 4.98 Å². The third-order valence-corrected chi connectivity index (χ3v) is 3.67. The van der Waals surface area contributed by atoms with Crippen LogP contribution in [0.1, 0.15) is 25.0 Å². The van der Waals surface area contributed by atoms with Crippen molar-refractivity contribution >= 4 is 5.82 Å². The molecule has 1 aromatic rings. The molecule has 0 amide bonds. The number of ether oxygens (including phenoxy) is 1. The maximum absolute atomic E-state index is 9.27. The van der Waals surface area contributed by atoms with Gasteiger partial charge in [-0.2, -0.15) is 0 Å². The average molecular weight is 279 g/mol. The average Bonchev–Trinajstić information content (AvgIpc) is 2.46. The molecular weight excluding hydrogens is 254 g/mol. The Balaban J connectivity index is 2.14. The molecule has 0 aromatic carbocycles. The molecule has 0 saturated carbocycles. The van der Waals surface area contributed by atoms with Gasteiger partial charge < -0.3 is 20.1 Å². The first-order valence-electron chi connectivity index (χ1n) is 7.31.